The molecule has 6 unspecified atom stereocenters. The van der Waals surface area contributed by atoms with Crippen molar-refractivity contribution in [1.29, 1.82) is 0 Å². The van der Waals surface area contributed by atoms with Gasteiger partial charge in [-0.3, -0.25) is 19.2 Å². The van der Waals surface area contributed by atoms with E-state index in [9.17, 15) is 44.1 Å². The highest BCUT2D eigenvalue weighted by molar-refractivity contribution is 6.01. The first-order valence-electron chi connectivity index (χ1n) is 21.3. The third kappa shape index (κ3) is 9.44. The van der Waals surface area contributed by atoms with Gasteiger partial charge in [0.15, 0.2) is 6.10 Å². The molecule has 6 atom stereocenters. The maximum Gasteiger partial charge on any atom is 0.330 e. The first kappa shape index (κ1) is 47.4. The number of carbonyl (C=O) groups excluding carboxylic acids is 4. The van der Waals surface area contributed by atoms with E-state index in [1.165, 1.54) is 0 Å². The van der Waals surface area contributed by atoms with Crippen LogP contribution in [0.4, 0.5) is 0 Å². The van der Waals surface area contributed by atoms with Gasteiger partial charge in [-0.25, -0.2) is 9.59 Å². The second-order valence-corrected chi connectivity index (χ2v) is 16.3. The lowest BCUT2D eigenvalue weighted by molar-refractivity contribution is -0.195. The number of aliphatic carboxylic acids is 2. The highest BCUT2D eigenvalue weighted by Crippen LogP contribution is 2.56. The lowest BCUT2D eigenvalue weighted by Gasteiger charge is -2.48. The Hall–Kier alpha value is -7.06. The zero-order valence-corrected chi connectivity index (χ0v) is 36.3. The highest BCUT2D eigenvalue weighted by atomic mass is 16.6. The number of esters is 3. The van der Waals surface area contributed by atoms with Gasteiger partial charge in [0.05, 0.1) is 23.2 Å². The molecule has 2 aliphatic carbocycles. The van der Waals surface area contributed by atoms with Gasteiger partial charge in [-0.1, -0.05) is 107 Å². The number of hydrogen-bond donors (Lipinski definition) is 3. The predicted octanol–water partition coefficient (Wildman–Crippen LogP) is 6.58. The normalized spacial score (nSPS) is 18.8. The van der Waals surface area contributed by atoms with Crippen molar-refractivity contribution < 1.29 is 67.8 Å². The minimum Gasteiger partial charge on any atom is -0.491 e. The third-order valence-corrected chi connectivity index (χ3v) is 12.7. The Morgan fingerprint density at radius 2 is 1.08 bits per heavy atom. The van der Waals surface area contributed by atoms with Crippen LogP contribution < -0.4 is 9.47 Å². The summed E-state index contributed by atoms with van der Waals surface area (Å²) in [7, 11) is 0. The van der Waals surface area contributed by atoms with Gasteiger partial charge in [-0.15, -0.1) is 0 Å². The fourth-order valence-electron chi connectivity index (χ4n) is 8.87. The Morgan fingerprint density at radius 1 is 0.631 bits per heavy atom. The van der Waals surface area contributed by atoms with Crippen LogP contribution in [-0.2, 0) is 48.4 Å². The molecule has 0 aliphatic heterocycles. The number of Topliss-reactive ketones (excluding diaryl/α,β-unsaturated/α-hetero) is 1. The number of fused-ring (bicyclic) bond motifs is 3. The molecule has 0 saturated heterocycles. The summed E-state index contributed by atoms with van der Waals surface area (Å²) in [5, 5.41) is 30.4. The Kier molecular flexibility index (Phi) is 14.7. The predicted molar refractivity (Wildman–Crippen MR) is 236 cm³/mol. The largest absolute Gasteiger partial charge is 0.491 e. The molecule has 65 heavy (non-hydrogen) atoms. The second kappa shape index (κ2) is 20.2. The summed E-state index contributed by atoms with van der Waals surface area (Å²) >= 11 is 0. The third-order valence-electron chi connectivity index (χ3n) is 12.7. The fourth-order valence-corrected chi connectivity index (χ4v) is 8.87. The summed E-state index contributed by atoms with van der Waals surface area (Å²) in [5.74, 6) is -11.8. The molecule has 0 bridgehead atoms. The van der Waals surface area contributed by atoms with E-state index in [0.29, 0.717) is 24.3 Å². The SMILES string of the molecule is C=CC(=O)OCC(O)COc1ccc(C2(c3ccc(OCC(COC(=O)C=C)OC(=O)C4C(C(=O)O)C(C(=O)O)C4C(=O)C(C)(CC)CC)cc3)c3ccccc3-c3ccccc32)cc1. The first-order chi connectivity index (χ1) is 31.1. The zero-order valence-electron chi connectivity index (χ0n) is 36.3. The van der Waals surface area contributed by atoms with E-state index in [-0.39, 0.29) is 19.8 Å². The van der Waals surface area contributed by atoms with Gasteiger partial charge >= 0.3 is 29.8 Å². The van der Waals surface area contributed by atoms with E-state index in [1.807, 2.05) is 48.5 Å². The number of aliphatic hydroxyl groups is 1. The maximum atomic E-state index is 13.9. The number of aliphatic hydroxyl groups excluding tert-OH is 1. The molecule has 14 nitrogen and oxygen atoms in total. The first-order valence-corrected chi connectivity index (χ1v) is 21.3. The van der Waals surface area contributed by atoms with Crippen LogP contribution in [0, 0.1) is 29.1 Å². The summed E-state index contributed by atoms with van der Waals surface area (Å²) < 4.78 is 27.8. The van der Waals surface area contributed by atoms with Crippen LogP contribution >= 0.6 is 0 Å². The van der Waals surface area contributed by atoms with Crippen LogP contribution in [0.2, 0.25) is 0 Å². The Labute approximate surface area is 376 Å². The van der Waals surface area contributed by atoms with Crippen LogP contribution in [0.5, 0.6) is 11.5 Å². The van der Waals surface area contributed by atoms with Gasteiger partial charge in [0.25, 0.3) is 0 Å². The number of ether oxygens (including phenoxy) is 5. The Balaban J connectivity index is 1.27. The van der Waals surface area contributed by atoms with Gasteiger partial charge in [-0.05, 0) is 70.5 Å². The number of hydrogen-bond acceptors (Lipinski definition) is 12. The van der Waals surface area contributed by atoms with Crippen molar-refractivity contribution in [3.8, 4) is 22.6 Å². The molecular formula is C51H52O14. The molecule has 6 rings (SSSR count). The van der Waals surface area contributed by atoms with E-state index in [1.54, 1.807) is 45.0 Å². The van der Waals surface area contributed by atoms with Crippen molar-refractivity contribution in [2.75, 3.05) is 26.4 Å². The molecule has 0 radical (unpaired) electrons. The smallest absolute Gasteiger partial charge is 0.330 e. The van der Waals surface area contributed by atoms with Gasteiger partial charge in [-0.2, -0.15) is 0 Å². The molecule has 1 saturated carbocycles. The molecule has 0 amide bonds. The molecule has 4 aromatic rings. The van der Waals surface area contributed by atoms with Crippen molar-refractivity contribution in [1.82, 2.24) is 0 Å². The molecule has 14 heteroatoms. The number of carboxylic acid groups (broad SMARTS) is 2. The zero-order chi connectivity index (χ0) is 47.1. The maximum absolute atomic E-state index is 13.9. The average Bonchev–Trinajstić information content (AvgIpc) is 3.61. The molecule has 4 aromatic carbocycles. The van der Waals surface area contributed by atoms with E-state index < -0.39 is 88.9 Å². The minimum atomic E-state index is -1.73. The summed E-state index contributed by atoms with van der Waals surface area (Å²) in [6.45, 7) is 10.7. The topological polar surface area (TPSA) is 209 Å². The molecule has 3 N–H and O–H groups in total. The summed E-state index contributed by atoms with van der Waals surface area (Å²) in [6, 6.07) is 31.0. The average molecular weight is 889 g/mol. The lowest BCUT2D eigenvalue weighted by Crippen LogP contribution is -2.62. The van der Waals surface area contributed by atoms with Crippen LogP contribution in [0.15, 0.2) is 122 Å². The van der Waals surface area contributed by atoms with Crippen LogP contribution in [-0.4, -0.2) is 89.6 Å². The van der Waals surface area contributed by atoms with Gasteiger partial charge in [0.1, 0.15) is 49.8 Å². The van der Waals surface area contributed by atoms with E-state index in [4.69, 9.17) is 23.7 Å². The lowest BCUT2D eigenvalue weighted by atomic mass is 9.52. The van der Waals surface area contributed by atoms with Crippen LogP contribution in [0.3, 0.4) is 0 Å². The van der Waals surface area contributed by atoms with Crippen molar-refractivity contribution in [3.05, 3.63) is 145 Å². The second-order valence-electron chi connectivity index (χ2n) is 16.3. The highest BCUT2D eigenvalue weighted by Gasteiger charge is 2.66. The number of benzene rings is 4. The van der Waals surface area contributed by atoms with Gasteiger partial charge < -0.3 is 39.0 Å². The number of carbonyl (C=O) groups is 6. The summed E-state index contributed by atoms with van der Waals surface area (Å²) in [6.07, 6.45) is 0.242. The van der Waals surface area contributed by atoms with Crippen LogP contribution in [0.1, 0.15) is 55.9 Å². The molecular weight excluding hydrogens is 837 g/mol. The van der Waals surface area contributed by atoms with Crippen molar-refractivity contribution in [3.63, 3.8) is 0 Å². The number of rotatable bonds is 22. The fraction of sp³-hybridized carbons (Fsp3) is 0.333. The number of ketones is 1. The molecule has 340 valence electrons. The van der Waals surface area contributed by atoms with Gasteiger partial charge in [0, 0.05) is 23.5 Å². The van der Waals surface area contributed by atoms with E-state index >= 15 is 0 Å². The molecule has 0 spiro atoms. The van der Waals surface area contributed by atoms with E-state index in [0.717, 1.165) is 45.5 Å². The molecule has 2 aliphatic rings. The molecule has 0 aromatic heterocycles. The van der Waals surface area contributed by atoms with Crippen molar-refractivity contribution >= 4 is 35.6 Å². The van der Waals surface area contributed by atoms with E-state index in [2.05, 4.69) is 37.4 Å². The Morgan fingerprint density at radius 3 is 1.54 bits per heavy atom. The van der Waals surface area contributed by atoms with Gasteiger partial charge in [0.2, 0.25) is 0 Å². The van der Waals surface area contributed by atoms with Crippen molar-refractivity contribution in [2.24, 2.45) is 29.1 Å². The summed E-state index contributed by atoms with van der Waals surface area (Å²) in [5.41, 5.74) is 4.08. The standard InChI is InChI=1S/C51H52O14/c1-6-40(53)63-27-32(52)26-61-33-22-18-30(19-23-33)51(38-16-12-10-14-36(38)37-15-11-13-17-39(37)51)31-20-24-34(25-21-31)62-28-35(29-64-41(54)7-2)65-49(60)45-42(46(55)50(5,8-3)9-4)43(47(56)57)44(45)48(58)59/h6-7,10-25,32,35,42-45,52H,1-2,8-9,26-29H2,3-5H3,(H,56,57)(H,58,59). The monoisotopic (exact) mass is 888 g/mol. The Bertz CT molecular complexity index is 2390. The molecule has 1 fully saturated rings. The number of carboxylic acids is 2. The van der Waals surface area contributed by atoms with Crippen LogP contribution in [0.25, 0.3) is 11.1 Å². The minimum absolute atomic E-state index is 0.120. The van der Waals surface area contributed by atoms with Crippen molar-refractivity contribution in [2.45, 2.75) is 51.2 Å². The summed E-state index contributed by atoms with van der Waals surface area (Å²) in [4.78, 5) is 76.0. The molecule has 0 heterocycles. The quantitative estimate of drug-likeness (QED) is 0.0381.